The van der Waals surface area contributed by atoms with Crippen molar-refractivity contribution in [2.45, 2.75) is 25.7 Å². The minimum atomic E-state index is -4.92. The van der Waals surface area contributed by atoms with Crippen LogP contribution in [0.15, 0.2) is 60.8 Å². The Hall–Kier alpha value is -3.73. The summed E-state index contributed by atoms with van der Waals surface area (Å²) in [7, 11) is 1.42. The number of rotatable bonds is 6. The Balaban J connectivity index is 1.91. The highest BCUT2D eigenvalue weighted by Gasteiger charge is 2.32. The van der Waals surface area contributed by atoms with Gasteiger partial charge in [0.25, 0.3) is 0 Å². The first-order chi connectivity index (χ1) is 16.5. The summed E-state index contributed by atoms with van der Waals surface area (Å²) in [4.78, 5) is 4.12. The Morgan fingerprint density at radius 3 is 2.34 bits per heavy atom. The van der Waals surface area contributed by atoms with Gasteiger partial charge in [0.15, 0.2) is 0 Å². The zero-order valence-electron chi connectivity index (χ0n) is 18.1. The Bertz CT molecular complexity index is 1340. The fourth-order valence-electron chi connectivity index (χ4n) is 3.93. The van der Waals surface area contributed by atoms with Crippen molar-refractivity contribution >= 4 is 10.9 Å². The minimum absolute atomic E-state index is 0.0701. The van der Waals surface area contributed by atoms with Crippen LogP contribution in [0.25, 0.3) is 22.0 Å². The van der Waals surface area contributed by atoms with Crippen molar-refractivity contribution in [3.63, 3.8) is 0 Å². The fourth-order valence-corrected chi connectivity index (χ4v) is 3.93. The molecule has 2 aromatic heterocycles. The molecule has 0 spiro atoms. The number of hydrogen-bond donors (Lipinski definition) is 1. The van der Waals surface area contributed by atoms with E-state index in [1.54, 1.807) is 16.7 Å². The molecule has 4 aromatic rings. The number of ether oxygens (including phenoxy) is 2. The molecule has 0 radical (unpaired) electrons. The van der Waals surface area contributed by atoms with Gasteiger partial charge in [0.1, 0.15) is 5.75 Å². The molecule has 2 aromatic carbocycles. The van der Waals surface area contributed by atoms with Crippen LogP contribution >= 0.6 is 0 Å². The molecule has 35 heavy (non-hydrogen) atoms. The van der Waals surface area contributed by atoms with Crippen molar-refractivity contribution in [2.24, 2.45) is 0 Å². The lowest BCUT2D eigenvalue weighted by atomic mass is 10.0. The van der Waals surface area contributed by atoms with Crippen LogP contribution < -0.4 is 9.47 Å². The maximum atomic E-state index is 13.2. The number of benzene rings is 2. The molecular formula is C24H18F6N2O3. The second kappa shape index (κ2) is 9.14. The van der Waals surface area contributed by atoms with Crippen LogP contribution in [0, 0.1) is 0 Å². The molecule has 184 valence electrons. The van der Waals surface area contributed by atoms with Crippen molar-refractivity contribution in [3.8, 4) is 22.8 Å². The molecule has 5 nitrogen and oxygen atoms in total. The predicted molar refractivity (Wildman–Crippen MR) is 115 cm³/mol. The SMILES string of the molecule is COc1ccc(-c2c(CO)n(Cc3cccc(C(F)(F)F)c3)c3ccc(OC(F)(F)F)cc23)cn1. The third-order valence-corrected chi connectivity index (χ3v) is 5.36. The number of nitrogens with zero attached hydrogens (tertiary/aromatic N) is 2. The molecule has 0 aliphatic heterocycles. The zero-order chi connectivity index (χ0) is 25.4. The molecular weight excluding hydrogens is 478 g/mol. The van der Waals surface area contributed by atoms with Crippen LogP contribution in [0.2, 0.25) is 0 Å². The monoisotopic (exact) mass is 496 g/mol. The topological polar surface area (TPSA) is 56.5 Å². The van der Waals surface area contributed by atoms with E-state index in [0.29, 0.717) is 33.5 Å². The maximum absolute atomic E-state index is 13.2. The summed E-state index contributed by atoms with van der Waals surface area (Å²) in [6.45, 7) is -0.607. The Morgan fingerprint density at radius 1 is 0.971 bits per heavy atom. The number of alkyl halides is 6. The number of fused-ring (bicyclic) bond motifs is 1. The van der Waals surface area contributed by atoms with E-state index in [9.17, 15) is 31.4 Å². The van der Waals surface area contributed by atoms with Gasteiger partial charge in [-0.25, -0.2) is 4.98 Å². The largest absolute Gasteiger partial charge is 0.573 e. The summed E-state index contributed by atoms with van der Waals surface area (Å²) >= 11 is 0. The minimum Gasteiger partial charge on any atom is -0.481 e. The average Bonchev–Trinajstić information content (AvgIpc) is 3.10. The average molecular weight is 496 g/mol. The molecule has 0 bridgehead atoms. The highest BCUT2D eigenvalue weighted by molar-refractivity contribution is 5.99. The van der Waals surface area contributed by atoms with E-state index in [2.05, 4.69) is 9.72 Å². The summed E-state index contributed by atoms with van der Waals surface area (Å²) in [5.41, 5.74) is 0.975. The number of aliphatic hydroxyl groups is 1. The van der Waals surface area contributed by atoms with E-state index in [0.717, 1.165) is 18.2 Å². The lowest BCUT2D eigenvalue weighted by molar-refractivity contribution is -0.274. The molecule has 0 aliphatic rings. The molecule has 1 N–H and O–H groups in total. The number of aliphatic hydroxyl groups excluding tert-OH is 1. The van der Waals surface area contributed by atoms with Gasteiger partial charge in [-0.05, 0) is 42.0 Å². The van der Waals surface area contributed by atoms with E-state index in [1.807, 2.05) is 0 Å². The number of hydrogen-bond acceptors (Lipinski definition) is 4. The van der Waals surface area contributed by atoms with E-state index in [4.69, 9.17) is 4.74 Å². The van der Waals surface area contributed by atoms with Crippen molar-refractivity contribution in [3.05, 3.63) is 77.6 Å². The third kappa shape index (κ3) is 5.19. The van der Waals surface area contributed by atoms with Crippen LogP contribution in [0.5, 0.6) is 11.6 Å². The van der Waals surface area contributed by atoms with Crippen molar-refractivity contribution < 1.29 is 40.9 Å². The normalized spacial score (nSPS) is 12.2. The third-order valence-electron chi connectivity index (χ3n) is 5.36. The molecule has 11 heteroatoms. The lowest BCUT2D eigenvalue weighted by Gasteiger charge is -2.13. The van der Waals surface area contributed by atoms with Crippen LogP contribution in [0.4, 0.5) is 26.3 Å². The second-order valence-corrected chi connectivity index (χ2v) is 7.58. The maximum Gasteiger partial charge on any atom is 0.573 e. The number of aromatic nitrogens is 2. The first-order valence-corrected chi connectivity index (χ1v) is 10.2. The molecule has 2 heterocycles. The Labute approximate surface area is 195 Å². The molecule has 0 unspecified atom stereocenters. The quantitative estimate of drug-likeness (QED) is 0.325. The Morgan fingerprint density at radius 2 is 1.74 bits per heavy atom. The number of pyridine rings is 1. The van der Waals surface area contributed by atoms with Crippen LogP contribution in [0.3, 0.4) is 0 Å². The first-order valence-electron chi connectivity index (χ1n) is 10.2. The number of methoxy groups -OCH3 is 1. The van der Waals surface area contributed by atoms with Crippen LogP contribution in [-0.2, 0) is 19.3 Å². The van der Waals surface area contributed by atoms with Gasteiger partial charge < -0.3 is 19.1 Å². The van der Waals surface area contributed by atoms with E-state index < -0.39 is 30.5 Å². The predicted octanol–water partition coefficient (Wildman–Crippen LogP) is 6.17. The zero-order valence-corrected chi connectivity index (χ0v) is 18.1. The fraction of sp³-hybridized carbons (Fsp3) is 0.208. The summed E-state index contributed by atoms with van der Waals surface area (Å²) in [5.74, 6) is -0.179. The molecule has 0 saturated carbocycles. The molecule has 0 atom stereocenters. The Kier molecular flexibility index (Phi) is 6.37. The van der Waals surface area contributed by atoms with Gasteiger partial charge in [-0.2, -0.15) is 13.2 Å². The summed E-state index contributed by atoms with van der Waals surface area (Å²) in [6, 6.07) is 11.5. The molecule has 0 amide bonds. The molecule has 0 aliphatic carbocycles. The van der Waals surface area contributed by atoms with Gasteiger partial charge in [-0.1, -0.05) is 12.1 Å². The highest BCUT2D eigenvalue weighted by atomic mass is 19.4. The van der Waals surface area contributed by atoms with E-state index in [-0.39, 0.29) is 12.2 Å². The van der Waals surface area contributed by atoms with Crippen molar-refractivity contribution in [2.75, 3.05) is 7.11 Å². The van der Waals surface area contributed by atoms with E-state index in [1.165, 1.54) is 37.6 Å². The molecule has 0 saturated heterocycles. The van der Waals surface area contributed by atoms with Gasteiger partial charge in [-0.15, -0.1) is 13.2 Å². The van der Waals surface area contributed by atoms with Crippen LogP contribution in [0.1, 0.15) is 16.8 Å². The standard InChI is InChI=1S/C24H18F6N2O3/c1-34-21-8-5-15(11-31-21)22-18-10-17(35-24(28,29)30)6-7-19(18)32(20(22)13-33)12-14-3-2-4-16(9-14)23(25,26)27/h2-11,33H,12-13H2,1H3. The van der Waals surface area contributed by atoms with E-state index >= 15 is 0 Å². The van der Waals surface area contributed by atoms with Gasteiger partial charge in [0.05, 0.1) is 25.0 Å². The number of halogens is 6. The van der Waals surface area contributed by atoms with Gasteiger partial charge in [0, 0.05) is 40.8 Å². The summed E-state index contributed by atoms with van der Waals surface area (Å²) in [5, 5.41) is 10.5. The van der Waals surface area contributed by atoms with Gasteiger partial charge >= 0.3 is 12.5 Å². The smallest absolute Gasteiger partial charge is 0.481 e. The molecule has 0 fully saturated rings. The van der Waals surface area contributed by atoms with Crippen molar-refractivity contribution in [1.29, 1.82) is 0 Å². The summed E-state index contributed by atoms with van der Waals surface area (Å²) in [6.07, 6.45) is -8.03. The summed E-state index contributed by atoms with van der Waals surface area (Å²) < 4.78 is 88.8. The van der Waals surface area contributed by atoms with Gasteiger partial charge in [0.2, 0.25) is 5.88 Å². The lowest BCUT2D eigenvalue weighted by Crippen LogP contribution is -2.17. The van der Waals surface area contributed by atoms with Crippen molar-refractivity contribution in [1.82, 2.24) is 9.55 Å². The molecule has 4 rings (SSSR count). The highest BCUT2D eigenvalue weighted by Crippen LogP contribution is 2.39. The first kappa shape index (κ1) is 24.4. The van der Waals surface area contributed by atoms with Crippen LogP contribution in [-0.4, -0.2) is 28.1 Å². The van der Waals surface area contributed by atoms with Gasteiger partial charge in [-0.3, -0.25) is 0 Å². The second-order valence-electron chi connectivity index (χ2n) is 7.58.